The van der Waals surface area contributed by atoms with E-state index in [1.54, 1.807) is 6.20 Å². The lowest BCUT2D eigenvalue weighted by Gasteiger charge is -2.34. The van der Waals surface area contributed by atoms with Gasteiger partial charge in [-0.15, -0.1) is 0 Å². The summed E-state index contributed by atoms with van der Waals surface area (Å²) >= 11 is 0. The van der Waals surface area contributed by atoms with E-state index in [9.17, 15) is 8.78 Å². The number of pyridine rings is 1. The Balaban J connectivity index is 1.60. The number of anilines is 1. The van der Waals surface area contributed by atoms with Crippen LogP contribution >= 0.6 is 0 Å². The molecule has 3 heterocycles. The van der Waals surface area contributed by atoms with E-state index in [4.69, 9.17) is 0 Å². The summed E-state index contributed by atoms with van der Waals surface area (Å²) in [5.74, 6) is -1.20. The van der Waals surface area contributed by atoms with E-state index in [0.29, 0.717) is 11.1 Å². The number of benzene rings is 2. The highest BCUT2D eigenvalue weighted by Crippen LogP contribution is 2.38. The molecule has 1 aliphatic heterocycles. The Morgan fingerprint density at radius 1 is 0.867 bits per heavy atom. The number of nitrogens with one attached hydrogen (secondary N) is 1. The lowest BCUT2D eigenvalue weighted by atomic mass is 9.93. The van der Waals surface area contributed by atoms with Crippen LogP contribution in [0, 0.1) is 11.6 Å². The highest BCUT2D eigenvalue weighted by molar-refractivity contribution is 6.01. The fraction of sp³-hybridized carbons (Fsp3) is 0.208. The molecule has 2 aromatic carbocycles. The molecule has 4 nitrogen and oxygen atoms in total. The van der Waals surface area contributed by atoms with E-state index < -0.39 is 11.6 Å². The summed E-state index contributed by atoms with van der Waals surface area (Å²) in [7, 11) is 2.14. The van der Waals surface area contributed by atoms with Gasteiger partial charge in [0.2, 0.25) is 0 Å². The first-order valence-electron chi connectivity index (χ1n) is 10.0. The molecule has 0 atom stereocenters. The van der Waals surface area contributed by atoms with Crippen molar-refractivity contribution in [2.75, 3.05) is 38.1 Å². The number of hydrogen-bond acceptors (Lipinski definition) is 3. The second kappa shape index (κ2) is 7.54. The molecular weight excluding hydrogens is 382 g/mol. The van der Waals surface area contributed by atoms with Crippen molar-refractivity contribution in [2.45, 2.75) is 0 Å². The third-order valence-corrected chi connectivity index (χ3v) is 5.78. The Morgan fingerprint density at radius 3 is 2.27 bits per heavy atom. The zero-order valence-electron chi connectivity index (χ0n) is 16.7. The molecule has 6 heteroatoms. The fourth-order valence-electron chi connectivity index (χ4n) is 4.15. The number of aromatic nitrogens is 2. The fourth-order valence-corrected chi connectivity index (χ4v) is 4.15. The van der Waals surface area contributed by atoms with Crippen molar-refractivity contribution in [3.05, 3.63) is 72.6 Å². The van der Waals surface area contributed by atoms with Crippen molar-refractivity contribution in [3.63, 3.8) is 0 Å². The van der Waals surface area contributed by atoms with Gasteiger partial charge in [0.05, 0.1) is 0 Å². The zero-order chi connectivity index (χ0) is 20.7. The molecule has 0 amide bonds. The van der Waals surface area contributed by atoms with Gasteiger partial charge in [-0.05, 0) is 48.5 Å². The molecule has 0 aliphatic carbocycles. The van der Waals surface area contributed by atoms with Crippen LogP contribution in [-0.4, -0.2) is 48.1 Å². The van der Waals surface area contributed by atoms with Crippen molar-refractivity contribution in [3.8, 4) is 22.3 Å². The molecule has 1 saturated heterocycles. The van der Waals surface area contributed by atoms with E-state index in [1.807, 2.05) is 12.3 Å². The average molecular weight is 404 g/mol. The van der Waals surface area contributed by atoms with Gasteiger partial charge < -0.3 is 14.8 Å². The van der Waals surface area contributed by atoms with Crippen molar-refractivity contribution in [1.29, 1.82) is 0 Å². The van der Waals surface area contributed by atoms with Gasteiger partial charge in [0.15, 0.2) is 0 Å². The van der Waals surface area contributed by atoms with Crippen LogP contribution in [0.4, 0.5) is 14.5 Å². The van der Waals surface area contributed by atoms with Crippen LogP contribution in [0.3, 0.4) is 0 Å². The number of rotatable bonds is 3. The van der Waals surface area contributed by atoms with E-state index in [1.165, 1.54) is 17.8 Å². The summed E-state index contributed by atoms with van der Waals surface area (Å²) in [5, 5.41) is 0.921. The number of H-pyrrole nitrogens is 1. The van der Waals surface area contributed by atoms with Crippen LogP contribution in [0.1, 0.15) is 0 Å². The number of halogens is 2. The molecule has 0 spiro atoms. The lowest BCUT2D eigenvalue weighted by Crippen LogP contribution is -2.44. The minimum atomic E-state index is -0.601. The van der Waals surface area contributed by atoms with Crippen LogP contribution in [0.15, 0.2) is 60.9 Å². The Kier molecular flexibility index (Phi) is 4.71. The predicted molar refractivity (Wildman–Crippen MR) is 117 cm³/mol. The van der Waals surface area contributed by atoms with Crippen molar-refractivity contribution in [2.24, 2.45) is 0 Å². The molecule has 152 valence electrons. The highest BCUT2D eigenvalue weighted by atomic mass is 19.1. The summed E-state index contributed by atoms with van der Waals surface area (Å²) < 4.78 is 27.8. The second-order valence-electron chi connectivity index (χ2n) is 7.78. The maximum Gasteiger partial charge on any atom is 0.137 e. The van der Waals surface area contributed by atoms with Crippen molar-refractivity contribution >= 4 is 16.7 Å². The van der Waals surface area contributed by atoms with Gasteiger partial charge >= 0.3 is 0 Å². The lowest BCUT2D eigenvalue weighted by molar-refractivity contribution is 0.313. The Bertz CT molecular complexity index is 1170. The number of fused-ring (bicyclic) bond motifs is 1. The van der Waals surface area contributed by atoms with Gasteiger partial charge in [0.1, 0.15) is 17.3 Å². The topological polar surface area (TPSA) is 35.2 Å². The standard InChI is InChI=1S/C24H22F2N4/c1-29-8-10-30(11-9-29)20-4-2-16(3-5-20)23-21-6-7-27-24(21)28-15-22(23)17-12-18(25)14-19(26)13-17/h2-7,12-15H,8-11H2,1H3,(H,27,28). The quantitative estimate of drug-likeness (QED) is 0.526. The van der Waals surface area contributed by atoms with Crippen LogP contribution in [0.5, 0.6) is 0 Å². The number of piperazine rings is 1. The largest absolute Gasteiger partial charge is 0.369 e. The summed E-state index contributed by atoms with van der Waals surface area (Å²) in [6.45, 7) is 4.10. The molecule has 1 fully saturated rings. The predicted octanol–water partition coefficient (Wildman–Crippen LogP) is 4.93. The Hall–Kier alpha value is -3.25. The molecule has 1 aliphatic rings. The van der Waals surface area contributed by atoms with Gasteiger partial charge in [-0.25, -0.2) is 13.8 Å². The third-order valence-electron chi connectivity index (χ3n) is 5.78. The average Bonchev–Trinajstić information content (AvgIpc) is 3.22. The molecule has 5 rings (SSSR count). The van der Waals surface area contributed by atoms with Gasteiger partial charge in [-0.1, -0.05) is 12.1 Å². The second-order valence-corrected chi connectivity index (χ2v) is 7.78. The maximum atomic E-state index is 13.9. The van der Waals surface area contributed by atoms with Crippen LogP contribution < -0.4 is 4.90 Å². The molecular formula is C24H22F2N4. The van der Waals surface area contributed by atoms with Gasteiger partial charge in [-0.3, -0.25) is 0 Å². The molecule has 0 bridgehead atoms. The molecule has 1 N–H and O–H groups in total. The smallest absolute Gasteiger partial charge is 0.137 e. The van der Waals surface area contributed by atoms with E-state index >= 15 is 0 Å². The third kappa shape index (κ3) is 3.44. The minimum absolute atomic E-state index is 0.473. The van der Waals surface area contributed by atoms with Gasteiger partial charge in [-0.2, -0.15) is 0 Å². The summed E-state index contributed by atoms with van der Waals surface area (Å²) in [4.78, 5) is 12.3. The molecule has 0 unspecified atom stereocenters. The minimum Gasteiger partial charge on any atom is -0.369 e. The highest BCUT2D eigenvalue weighted by Gasteiger charge is 2.17. The summed E-state index contributed by atoms with van der Waals surface area (Å²) in [6.07, 6.45) is 3.51. The molecule has 4 aromatic rings. The van der Waals surface area contributed by atoms with E-state index in [-0.39, 0.29) is 0 Å². The van der Waals surface area contributed by atoms with Crippen LogP contribution in [0.2, 0.25) is 0 Å². The van der Waals surface area contributed by atoms with Crippen LogP contribution in [-0.2, 0) is 0 Å². The first-order chi connectivity index (χ1) is 14.6. The van der Waals surface area contributed by atoms with Crippen molar-refractivity contribution < 1.29 is 8.78 Å². The van der Waals surface area contributed by atoms with E-state index in [2.05, 4.69) is 51.1 Å². The molecule has 30 heavy (non-hydrogen) atoms. The molecule has 0 saturated carbocycles. The first kappa shape index (κ1) is 18.8. The van der Waals surface area contributed by atoms with Crippen molar-refractivity contribution in [1.82, 2.24) is 14.9 Å². The zero-order valence-corrected chi connectivity index (χ0v) is 16.7. The van der Waals surface area contributed by atoms with Crippen LogP contribution in [0.25, 0.3) is 33.3 Å². The van der Waals surface area contributed by atoms with Gasteiger partial charge in [0, 0.05) is 66.8 Å². The SMILES string of the molecule is CN1CCN(c2ccc(-c3c(-c4cc(F)cc(F)c4)cnc4[nH]ccc34)cc2)CC1. The van der Waals surface area contributed by atoms with E-state index in [0.717, 1.165) is 54.4 Å². The number of nitrogens with zero attached hydrogens (tertiary/aromatic N) is 3. The Labute approximate surface area is 173 Å². The summed E-state index contributed by atoms with van der Waals surface area (Å²) in [6, 6.07) is 13.9. The van der Waals surface area contributed by atoms with Gasteiger partial charge in [0.25, 0.3) is 0 Å². The normalized spacial score (nSPS) is 15.1. The summed E-state index contributed by atoms with van der Waals surface area (Å²) in [5.41, 5.74) is 5.00. The number of hydrogen-bond donors (Lipinski definition) is 1. The maximum absolute atomic E-state index is 13.9. The molecule has 2 aromatic heterocycles. The first-order valence-corrected chi connectivity index (χ1v) is 10.0. The Morgan fingerprint density at radius 2 is 1.57 bits per heavy atom. The number of likely N-dealkylation sites (N-methyl/N-ethyl adjacent to an activating group) is 1. The number of aromatic amines is 1. The monoisotopic (exact) mass is 404 g/mol. The molecule has 0 radical (unpaired) electrons.